The van der Waals surface area contributed by atoms with E-state index in [1.54, 1.807) is 34.8 Å². The minimum atomic E-state index is 0.0673. The van der Waals surface area contributed by atoms with Crippen molar-refractivity contribution in [1.29, 1.82) is 0 Å². The fourth-order valence-electron chi connectivity index (χ4n) is 3.55. The highest BCUT2D eigenvalue weighted by Crippen LogP contribution is 2.35. The van der Waals surface area contributed by atoms with Crippen LogP contribution in [0.5, 0.6) is 0 Å². The van der Waals surface area contributed by atoms with Crippen LogP contribution in [-0.4, -0.2) is 28.4 Å². The van der Waals surface area contributed by atoms with Crippen molar-refractivity contribution >= 4 is 33.3 Å². The van der Waals surface area contributed by atoms with Gasteiger partial charge in [0.1, 0.15) is 10.6 Å². The molecule has 0 aliphatic heterocycles. The molecule has 27 heavy (non-hydrogen) atoms. The van der Waals surface area contributed by atoms with Crippen LogP contribution < -0.4 is 5.56 Å². The topological polar surface area (TPSA) is 70.2 Å². The van der Waals surface area contributed by atoms with Crippen LogP contribution in [0.1, 0.15) is 40.3 Å². The van der Waals surface area contributed by atoms with Crippen LogP contribution in [0, 0.1) is 13.8 Å². The van der Waals surface area contributed by atoms with Crippen LogP contribution in [-0.2, 0) is 29.9 Å². The number of aryl methyl sites for hydroxylation is 4. The maximum Gasteiger partial charge on any atom is 0.263 e. The summed E-state index contributed by atoms with van der Waals surface area (Å²) in [5.74, 6) is 1.50. The van der Waals surface area contributed by atoms with Gasteiger partial charge in [0.15, 0.2) is 5.16 Å². The summed E-state index contributed by atoms with van der Waals surface area (Å²) in [5, 5.41) is 5.58. The van der Waals surface area contributed by atoms with E-state index in [1.807, 2.05) is 13.8 Å². The van der Waals surface area contributed by atoms with Gasteiger partial charge in [0.25, 0.3) is 5.56 Å². The molecular weight excluding hydrogens is 382 g/mol. The molecule has 1 aliphatic carbocycles. The van der Waals surface area contributed by atoms with Crippen LogP contribution in [0.3, 0.4) is 0 Å². The first-order chi connectivity index (χ1) is 13.1. The Labute approximate surface area is 165 Å². The Kier molecular flexibility index (Phi) is 5.39. The van der Waals surface area contributed by atoms with E-state index in [2.05, 4.69) is 5.16 Å². The third-order valence-corrected chi connectivity index (χ3v) is 7.27. The predicted octanol–water partition coefficient (Wildman–Crippen LogP) is 3.88. The summed E-state index contributed by atoms with van der Waals surface area (Å²) in [6.45, 7) is 4.84. The fraction of sp³-hybridized carbons (Fsp3) is 0.526. The van der Waals surface area contributed by atoms with Gasteiger partial charge >= 0.3 is 0 Å². The molecule has 0 saturated heterocycles. The third kappa shape index (κ3) is 3.46. The molecule has 0 amide bonds. The highest BCUT2D eigenvalue weighted by Gasteiger charge is 2.22. The van der Waals surface area contributed by atoms with E-state index >= 15 is 0 Å². The lowest BCUT2D eigenvalue weighted by molar-refractivity contribution is 0.183. The molecule has 0 radical (unpaired) electrons. The summed E-state index contributed by atoms with van der Waals surface area (Å²) in [5.41, 5.74) is 3.25. The van der Waals surface area contributed by atoms with Gasteiger partial charge in [-0.25, -0.2) is 4.98 Å². The number of rotatable bonds is 6. The molecule has 0 saturated carbocycles. The van der Waals surface area contributed by atoms with Crippen LogP contribution in [0.15, 0.2) is 14.5 Å². The average molecular weight is 406 g/mol. The lowest BCUT2D eigenvalue weighted by Crippen LogP contribution is -2.25. The normalized spacial score (nSPS) is 14.0. The van der Waals surface area contributed by atoms with Crippen molar-refractivity contribution in [2.75, 3.05) is 13.7 Å². The second kappa shape index (κ2) is 7.77. The molecule has 0 fully saturated rings. The maximum absolute atomic E-state index is 13.3. The average Bonchev–Trinajstić information content (AvgIpc) is 3.19. The summed E-state index contributed by atoms with van der Waals surface area (Å²) in [6.07, 6.45) is 4.40. The summed E-state index contributed by atoms with van der Waals surface area (Å²) in [4.78, 5) is 20.4. The lowest BCUT2D eigenvalue weighted by Gasteiger charge is -2.13. The van der Waals surface area contributed by atoms with E-state index in [0.29, 0.717) is 18.9 Å². The van der Waals surface area contributed by atoms with Gasteiger partial charge in [0.05, 0.1) is 24.2 Å². The number of hydrogen-bond acceptors (Lipinski definition) is 7. The molecule has 144 valence electrons. The molecule has 0 aromatic carbocycles. The van der Waals surface area contributed by atoms with Crippen molar-refractivity contribution in [1.82, 2.24) is 14.7 Å². The van der Waals surface area contributed by atoms with Crippen LogP contribution in [0.4, 0.5) is 0 Å². The highest BCUT2D eigenvalue weighted by molar-refractivity contribution is 7.98. The molecule has 0 N–H and O–H groups in total. The Hall–Kier alpha value is -1.64. The van der Waals surface area contributed by atoms with E-state index in [1.165, 1.54) is 16.9 Å². The van der Waals surface area contributed by atoms with E-state index in [-0.39, 0.29) is 5.56 Å². The first-order valence-corrected chi connectivity index (χ1v) is 11.0. The highest BCUT2D eigenvalue weighted by atomic mass is 32.2. The van der Waals surface area contributed by atoms with Crippen molar-refractivity contribution in [3.8, 4) is 0 Å². The Morgan fingerprint density at radius 1 is 1.30 bits per heavy atom. The molecule has 8 heteroatoms. The van der Waals surface area contributed by atoms with Crippen molar-refractivity contribution in [2.24, 2.45) is 0 Å². The number of aromatic nitrogens is 3. The molecule has 3 aromatic heterocycles. The van der Waals surface area contributed by atoms with Crippen molar-refractivity contribution < 1.29 is 9.26 Å². The standard InChI is InChI=1S/C19H23N3O3S2/c1-11-14(12(2)25-21-11)10-26-19-20-17-16(18(23)22(19)8-9-24-3)13-6-4-5-7-15(13)27-17/h4-10H2,1-3H3. The Morgan fingerprint density at radius 2 is 2.11 bits per heavy atom. The SMILES string of the molecule is COCCn1c(SCc2c(C)noc2C)nc2sc3c(c2c1=O)CCCC3. The Bertz CT molecular complexity index is 1020. The summed E-state index contributed by atoms with van der Waals surface area (Å²) < 4.78 is 12.3. The Morgan fingerprint density at radius 3 is 2.85 bits per heavy atom. The second-order valence-corrected chi connectivity index (χ2v) is 8.85. The fourth-order valence-corrected chi connectivity index (χ4v) is 6.04. The minimum absolute atomic E-state index is 0.0673. The van der Waals surface area contributed by atoms with E-state index < -0.39 is 0 Å². The smallest absolute Gasteiger partial charge is 0.263 e. The van der Waals surface area contributed by atoms with Gasteiger partial charge in [-0.2, -0.15) is 0 Å². The quantitative estimate of drug-likeness (QED) is 0.458. The number of thiophene rings is 1. The van der Waals surface area contributed by atoms with Crippen LogP contribution in [0.2, 0.25) is 0 Å². The predicted molar refractivity (Wildman–Crippen MR) is 108 cm³/mol. The molecule has 0 unspecified atom stereocenters. The minimum Gasteiger partial charge on any atom is -0.383 e. The molecule has 0 spiro atoms. The summed E-state index contributed by atoms with van der Waals surface area (Å²) in [6, 6.07) is 0. The molecule has 0 atom stereocenters. The van der Waals surface area contributed by atoms with Crippen molar-refractivity contribution in [2.45, 2.75) is 57.0 Å². The monoisotopic (exact) mass is 405 g/mol. The zero-order valence-electron chi connectivity index (χ0n) is 15.8. The van der Waals surface area contributed by atoms with Gasteiger partial charge in [0, 0.05) is 23.3 Å². The molecule has 1 aliphatic rings. The first kappa shape index (κ1) is 18.7. The van der Waals surface area contributed by atoms with Crippen LogP contribution in [0.25, 0.3) is 10.2 Å². The number of nitrogens with zero attached hydrogens (tertiary/aromatic N) is 3. The first-order valence-electron chi connectivity index (χ1n) is 9.18. The Balaban J connectivity index is 1.77. The molecular formula is C19H23N3O3S2. The van der Waals surface area contributed by atoms with Gasteiger partial charge in [-0.1, -0.05) is 16.9 Å². The maximum atomic E-state index is 13.3. The van der Waals surface area contributed by atoms with Crippen LogP contribution >= 0.6 is 23.1 Å². The van der Waals surface area contributed by atoms with Gasteiger partial charge in [-0.15, -0.1) is 11.3 Å². The number of ether oxygens (including phenoxy) is 1. The lowest BCUT2D eigenvalue weighted by atomic mass is 9.97. The van der Waals surface area contributed by atoms with Crippen molar-refractivity contribution in [3.05, 3.63) is 37.8 Å². The zero-order chi connectivity index (χ0) is 19.0. The zero-order valence-corrected chi connectivity index (χ0v) is 17.5. The van der Waals surface area contributed by atoms with E-state index in [4.69, 9.17) is 14.2 Å². The number of methoxy groups -OCH3 is 1. The van der Waals surface area contributed by atoms with E-state index in [9.17, 15) is 4.79 Å². The molecule has 4 rings (SSSR count). The molecule has 0 bridgehead atoms. The van der Waals surface area contributed by atoms with Gasteiger partial charge in [-0.3, -0.25) is 9.36 Å². The molecule has 6 nitrogen and oxygen atoms in total. The molecule has 3 aromatic rings. The largest absolute Gasteiger partial charge is 0.383 e. The van der Waals surface area contributed by atoms with Gasteiger partial charge < -0.3 is 9.26 Å². The second-order valence-electron chi connectivity index (χ2n) is 6.83. The molecule has 3 heterocycles. The summed E-state index contributed by atoms with van der Waals surface area (Å²) in [7, 11) is 1.65. The third-order valence-electron chi connectivity index (χ3n) is 5.09. The summed E-state index contributed by atoms with van der Waals surface area (Å²) >= 11 is 3.25. The number of fused-ring (bicyclic) bond motifs is 3. The van der Waals surface area contributed by atoms with Gasteiger partial charge in [0.2, 0.25) is 0 Å². The van der Waals surface area contributed by atoms with Crippen molar-refractivity contribution in [3.63, 3.8) is 0 Å². The van der Waals surface area contributed by atoms with Gasteiger partial charge in [-0.05, 0) is 45.1 Å². The number of thioether (sulfide) groups is 1. The number of hydrogen-bond donors (Lipinski definition) is 0. The van der Waals surface area contributed by atoms with E-state index in [0.717, 1.165) is 51.7 Å².